The van der Waals surface area contributed by atoms with Crippen LogP contribution in [0.4, 0.5) is 4.39 Å². The van der Waals surface area contributed by atoms with Gasteiger partial charge < -0.3 is 5.32 Å². The highest BCUT2D eigenvalue weighted by atomic mass is 19.1. The maximum atomic E-state index is 13.6. The molecule has 1 saturated heterocycles. The Morgan fingerprint density at radius 2 is 2.00 bits per heavy atom. The van der Waals surface area contributed by atoms with Gasteiger partial charge in [0.05, 0.1) is 0 Å². The maximum absolute atomic E-state index is 13.6. The summed E-state index contributed by atoms with van der Waals surface area (Å²) in [6.45, 7) is 1.08. The van der Waals surface area contributed by atoms with Gasteiger partial charge in [0.1, 0.15) is 5.82 Å². The smallest absolute Gasteiger partial charge is 0.123 e. The van der Waals surface area contributed by atoms with Crippen LogP contribution in [0.25, 0.3) is 0 Å². The first-order chi connectivity index (χ1) is 7.84. The van der Waals surface area contributed by atoms with Crippen LogP contribution in [0.2, 0.25) is 0 Å². The SMILES string of the molecule is Fc1cc2c(c([C@H]3CCCN3)c1)CCCC2. The van der Waals surface area contributed by atoms with Gasteiger partial charge in [-0.1, -0.05) is 0 Å². The molecule has 0 bridgehead atoms. The van der Waals surface area contributed by atoms with E-state index in [9.17, 15) is 4.39 Å². The lowest BCUT2D eigenvalue weighted by Gasteiger charge is -2.23. The molecule has 0 spiro atoms. The third kappa shape index (κ3) is 1.75. The van der Waals surface area contributed by atoms with Crippen molar-refractivity contribution in [2.24, 2.45) is 0 Å². The molecule has 16 heavy (non-hydrogen) atoms. The summed E-state index contributed by atoms with van der Waals surface area (Å²) < 4.78 is 13.6. The van der Waals surface area contributed by atoms with Gasteiger partial charge in [-0.05, 0) is 73.9 Å². The van der Waals surface area contributed by atoms with Crippen LogP contribution in [-0.2, 0) is 12.8 Å². The summed E-state index contributed by atoms with van der Waals surface area (Å²) in [5, 5.41) is 3.48. The third-order valence-corrected chi connectivity index (χ3v) is 3.90. The molecule has 1 heterocycles. The Balaban J connectivity index is 2.04. The van der Waals surface area contributed by atoms with Crippen molar-refractivity contribution in [2.75, 3.05) is 6.54 Å². The van der Waals surface area contributed by atoms with E-state index in [1.165, 1.54) is 36.0 Å². The fraction of sp³-hybridized carbons (Fsp3) is 0.571. The van der Waals surface area contributed by atoms with Gasteiger partial charge in [-0.25, -0.2) is 4.39 Å². The zero-order valence-electron chi connectivity index (χ0n) is 9.56. The highest BCUT2D eigenvalue weighted by Crippen LogP contribution is 2.32. The molecule has 1 nitrogen and oxygen atoms in total. The highest BCUT2D eigenvalue weighted by Gasteiger charge is 2.23. The van der Waals surface area contributed by atoms with Gasteiger partial charge in [0, 0.05) is 6.04 Å². The highest BCUT2D eigenvalue weighted by molar-refractivity contribution is 5.39. The average molecular weight is 219 g/mol. The second-order valence-corrected chi connectivity index (χ2v) is 4.99. The lowest BCUT2D eigenvalue weighted by molar-refractivity contribution is 0.582. The average Bonchev–Trinajstić information content (AvgIpc) is 2.81. The van der Waals surface area contributed by atoms with Gasteiger partial charge in [-0.15, -0.1) is 0 Å². The predicted molar refractivity (Wildman–Crippen MR) is 63.0 cm³/mol. The maximum Gasteiger partial charge on any atom is 0.123 e. The molecule has 3 rings (SSSR count). The number of halogens is 1. The van der Waals surface area contributed by atoms with E-state index in [-0.39, 0.29) is 5.82 Å². The topological polar surface area (TPSA) is 12.0 Å². The van der Waals surface area contributed by atoms with Crippen LogP contribution in [0.15, 0.2) is 12.1 Å². The summed E-state index contributed by atoms with van der Waals surface area (Å²) in [6.07, 6.45) is 7.06. The Bertz CT molecular complexity index is 394. The molecule has 1 aliphatic heterocycles. The third-order valence-electron chi connectivity index (χ3n) is 3.90. The number of hydrogen-bond acceptors (Lipinski definition) is 1. The zero-order valence-corrected chi connectivity index (χ0v) is 9.56. The van der Waals surface area contributed by atoms with Crippen LogP contribution in [0.1, 0.15) is 48.4 Å². The van der Waals surface area contributed by atoms with E-state index < -0.39 is 0 Å². The van der Waals surface area contributed by atoms with Crippen LogP contribution < -0.4 is 5.32 Å². The second kappa shape index (κ2) is 4.17. The van der Waals surface area contributed by atoms with Gasteiger partial charge in [-0.3, -0.25) is 0 Å². The molecule has 0 amide bonds. The molecule has 1 fully saturated rings. The molecule has 0 saturated carbocycles. The molecular weight excluding hydrogens is 201 g/mol. The van der Waals surface area contributed by atoms with Crippen LogP contribution in [-0.4, -0.2) is 6.54 Å². The molecule has 0 unspecified atom stereocenters. The first kappa shape index (κ1) is 10.3. The van der Waals surface area contributed by atoms with Gasteiger partial charge in [0.2, 0.25) is 0 Å². The Kier molecular flexibility index (Phi) is 2.68. The van der Waals surface area contributed by atoms with Crippen LogP contribution in [0.3, 0.4) is 0 Å². The second-order valence-electron chi connectivity index (χ2n) is 4.99. The molecule has 1 aliphatic carbocycles. The minimum absolute atomic E-state index is 0.0515. The summed E-state index contributed by atoms with van der Waals surface area (Å²) in [5.74, 6) is -0.0515. The fourth-order valence-electron chi connectivity index (χ4n) is 3.12. The largest absolute Gasteiger partial charge is 0.310 e. The van der Waals surface area contributed by atoms with E-state index in [1.807, 2.05) is 0 Å². The number of benzene rings is 1. The Morgan fingerprint density at radius 1 is 1.12 bits per heavy atom. The zero-order chi connectivity index (χ0) is 11.0. The molecular formula is C14H18FN. The summed E-state index contributed by atoms with van der Waals surface area (Å²) in [5.41, 5.74) is 3.94. The van der Waals surface area contributed by atoms with Crippen molar-refractivity contribution < 1.29 is 4.39 Å². The number of fused-ring (bicyclic) bond motifs is 1. The molecule has 1 aromatic rings. The van der Waals surface area contributed by atoms with Crippen LogP contribution in [0.5, 0.6) is 0 Å². The van der Waals surface area contributed by atoms with E-state index in [1.54, 1.807) is 12.1 Å². The molecule has 2 heteroatoms. The summed E-state index contributed by atoms with van der Waals surface area (Å²) >= 11 is 0. The lowest BCUT2D eigenvalue weighted by Crippen LogP contribution is -2.17. The van der Waals surface area contributed by atoms with Crippen molar-refractivity contribution in [3.63, 3.8) is 0 Å². The van der Waals surface area contributed by atoms with Crippen molar-refractivity contribution in [3.05, 3.63) is 34.6 Å². The van der Waals surface area contributed by atoms with Crippen molar-refractivity contribution in [2.45, 2.75) is 44.6 Å². The molecule has 86 valence electrons. The fourth-order valence-corrected chi connectivity index (χ4v) is 3.12. The minimum Gasteiger partial charge on any atom is -0.310 e. The van der Waals surface area contributed by atoms with E-state index in [4.69, 9.17) is 0 Å². The van der Waals surface area contributed by atoms with Gasteiger partial charge in [0.25, 0.3) is 0 Å². The Morgan fingerprint density at radius 3 is 2.81 bits per heavy atom. The van der Waals surface area contributed by atoms with Crippen molar-refractivity contribution in [1.29, 1.82) is 0 Å². The van der Waals surface area contributed by atoms with Gasteiger partial charge in [0.15, 0.2) is 0 Å². The first-order valence-electron chi connectivity index (χ1n) is 6.39. The van der Waals surface area contributed by atoms with Crippen LogP contribution in [0, 0.1) is 5.82 Å². The number of aryl methyl sites for hydroxylation is 1. The first-order valence-corrected chi connectivity index (χ1v) is 6.39. The molecule has 0 aromatic heterocycles. The van der Waals surface area contributed by atoms with Crippen molar-refractivity contribution >= 4 is 0 Å². The van der Waals surface area contributed by atoms with Crippen molar-refractivity contribution in [3.8, 4) is 0 Å². The quantitative estimate of drug-likeness (QED) is 0.765. The molecule has 1 atom stereocenters. The summed E-state index contributed by atoms with van der Waals surface area (Å²) in [6, 6.07) is 3.91. The van der Waals surface area contributed by atoms with Crippen LogP contribution >= 0.6 is 0 Å². The van der Waals surface area contributed by atoms with Crippen molar-refractivity contribution in [1.82, 2.24) is 5.32 Å². The predicted octanol–water partition coefficient (Wildman–Crippen LogP) is 3.13. The number of rotatable bonds is 1. The summed E-state index contributed by atoms with van der Waals surface area (Å²) in [7, 11) is 0. The minimum atomic E-state index is -0.0515. The molecule has 1 aromatic carbocycles. The van der Waals surface area contributed by atoms with E-state index in [0.717, 1.165) is 25.8 Å². The van der Waals surface area contributed by atoms with E-state index in [0.29, 0.717) is 6.04 Å². The number of hydrogen-bond donors (Lipinski definition) is 1. The Labute approximate surface area is 96.1 Å². The number of nitrogens with one attached hydrogen (secondary N) is 1. The van der Waals surface area contributed by atoms with Gasteiger partial charge in [-0.2, -0.15) is 0 Å². The summed E-state index contributed by atoms with van der Waals surface area (Å²) in [4.78, 5) is 0. The molecule has 2 aliphatic rings. The van der Waals surface area contributed by atoms with E-state index in [2.05, 4.69) is 5.32 Å². The Hall–Kier alpha value is -0.890. The lowest BCUT2D eigenvalue weighted by atomic mass is 9.85. The molecule has 0 radical (unpaired) electrons. The van der Waals surface area contributed by atoms with E-state index >= 15 is 0 Å². The normalized spacial score (nSPS) is 24.4. The standard InChI is InChI=1S/C14H18FN/c15-11-8-10-4-1-2-5-12(10)13(9-11)14-6-3-7-16-14/h8-9,14,16H,1-7H2/t14-/m1/s1. The monoisotopic (exact) mass is 219 g/mol. The van der Waals surface area contributed by atoms with Gasteiger partial charge >= 0.3 is 0 Å². The molecule has 1 N–H and O–H groups in total.